The van der Waals surface area contributed by atoms with E-state index in [9.17, 15) is 14.4 Å². The minimum atomic E-state index is -1.02. The Labute approximate surface area is 172 Å². The molecule has 0 bridgehead atoms. The Kier molecular flexibility index (Phi) is 6.46. The molecular weight excluding hydrogens is 392 g/mol. The third-order valence-electron chi connectivity index (χ3n) is 4.22. The third kappa shape index (κ3) is 5.33. The zero-order valence-corrected chi connectivity index (χ0v) is 16.4. The zero-order chi connectivity index (χ0) is 20.8. The topological polar surface area (TPSA) is 84.5 Å². The summed E-state index contributed by atoms with van der Waals surface area (Å²) in [7, 11) is 0. The van der Waals surface area contributed by atoms with Crippen LogP contribution in [0.1, 0.15) is 17.3 Å². The van der Waals surface area contributed by atoms with E-state index in [0.29, 0.717) is 16.3 Å². The number of ether oxygens (including phenoxy) is 1. The molecule has 1 atom stereocenters. The summed E-state index contributed by atoms with van der Waals surface area (Å²) in [6.07, 6.45) is -1.02. The molecule has 3 rings (SSSR count). The van der Waals surface area contributed by atoms with E-state index >= 15 is 0 Å². The second-order valence-electron chi connectivity index (χ2n) is 6.34. The second kappa shape index (κ2) is 9.21. The van der Waals surface area contributed by atoms with Crippen LogP contribution in [0.2, 0.25) is 5.02 Å². The van der Waals surface area contributed by atoms with Crippen LogP contribution >= 0.6 is 11.6 Å². The fraction of sp³-hybridized carbons (Fsp3) is 0.136. The summed E-state index contributed by atoms with van der Waals surface area (Å²) in [5.74, 6) is -1.61. The van der Waals surface area contributed by atoms with Crippen molar-refractivity contribution in [2.45, 2.75) is 13.0 Å². The van der Waals surface area contributed by atoms with Crippen LogP contribution in [0.5, 0.6) is 0 Å². The van der Waals surface area contributed by atoms with Gasteiger partial charge in [-0.25, -0.2) is 0 Å². The predicted molar refractivity (Wildman–Crippen MR) is 112 cm³/mol. The van der Waals surface area contributed by atoms with Gasteiger partial charge >= 0.3 is 5.97 Å². The number of anilines is 1. The first kappa shape index (κ1) is 20.4. The van der Waals surface area contributed by atoms with Gasteiger partial charge in [0.1, 0.15) is 6.54 Å². The maximum atomic E-state index is 12.4. The van der Waals surface area contributed by atoms with Crippen molar-refractivity contribution in [2.75, 3.05) is 11.9 Å². The monoisotopic (exact) mass is 410 g/mol. The van der Waals surface area contributed by atoms with Gasteiger partial charge < -0.3 is 15.4 Å². The van der Waals surface area contributed by atoms with Gasteiger partial charge in [-0.2, -0.15) is 0 Å². The van der Waals surface area contributed by atoms with E-state index in [1.807, 2.05) is 36.4 Å². The quantitative estimate of drug-likeness (QED) is 0.605. The molecule has 29 heavy (non-hydrogen) atoms. The van der Waals surface area contributed by atoms with Crippen molar-refractivity contribution in [3.63, 3.8) is 0 Å². The lowest BCUT2D eigenvalue weighted by atomic mass is 10.1. The maximum Gasteiger partial charge on any atom is 0.326 e. The van der Waals surface area contributed by atoms with E-state index in [-0.39, 0.29) is 6.54 Å². The van der Waals surface area contributed by atoms with Gasteiger partial charge in [0.15, 0.2) is 6.10 Å². The lowest BCUT2D eigenvalue weighted by molar-refractivity contribution is -0.152. The van der Waals surface area contributed by atoms with Crippen molar-refractivity contribution in [1.29, 1.82) is 0 Å². The molecule has 0 spiro atoms. The van der Waals surface area contributed by atoms with Crippen LogP contribution in [-0.2, 0) is 14.3 Å². The highest BCUT2D eigenvalue weighted by Crippen LogP contribution is 2.23. The third-order valence-corrected chi connectivity index (χ3v) is 4.48. The first-order chi connectivity index (χ1) is 13.9. The van der Waals surface area contributed by atoms with Crippen LogP contribution in [0, 0.1) is 0 Å². The molecule has 6 nitrogen and oxygen atoms in total. The number of hydrogen-bond donors (Lipinski definition) is 2. The number of carbonyl (C=O) groups is 3. The number of amides is 2. The number of esters is 1. The Morgan fingerprint density at radius 1 is 0.966 bits per heavy atom. The van der Waals surface area contributed by atoms with Crippen molar-refractivity contribution < 1.29 is 19.1 Å². The van der Waals surface area contributed by atoms with E-state index in [2.05, 4.69) is 10.6 Å². The largest absolute Gasteiger partial charge is 0.451 e. The summed E-state index contributed by atoms with van der Waals surface area (Å²) in [5.41, 5.74) is 0.996. The first-order valence-electron chi connectivity index (χ1n) is 8.96. The highest BCUT2D eigenvalue weighted by molar-refractivity contribution is 6.30. The number of hydrogen-bond acceptors (Lipinski definition) is 4. The molecule has 0 heterocycles. The minimum Gasteiger partial charge on any atom is -0.451 e. The van der Waals surface area contributed by atoms with Gasteiger partial charge in [0.05, 0.1) is 0 Å². The Hall–Kier alpha value is -3.38. The second-order valence-corrected chi connectivity index (χ2v) is 6.77. The molecule has 0 aromatic heterocycles. The molecule has 0 fully saturated rings. The number of nitrogens with one attached hydrogen (secondary N) is 2. The number of rotatable bonds is 6. The molecule has 2 N–H and O–H groups in total. The smallest absolute Gasteiger partial charge is 0.326 e. The zero-order valence-electron chi connectivity index (χ0n) is 15.6. The summed E-state index contributed by atoms with van der Waals surface area (Å²) in [6, 6.07) is 19.4. The Bertz CT molecular complexity index is 1040. The molecule has 148 valence electrons. The lowest BCUT2D eigenvalue weighted by Crippen LogP contribution is -2.35. The summed E-state index contributed by atoms with van der Waals surface area (Å²) in [4.78, 5) is 36.4. The van der Waals surface area contributed by atoms with Crippen molar-refractivity contribution in [3.8, 4) is 0 Å². The molecule has 0 unspecified atom stereocenters. The number of halogens is 1. The average molecular weight is 411 g/mol. The Balaban J connectivity index is 1.53. The molecule has 3 aromatic rings. The van der Waals surface area contributed by atoms with Gasteiger partial charge in [-0.3, -0.25) is 14.4 Å². The van der Waals surface area contributed by atoms with Gasteiger partial charge in [-0.05, 0) is 42.6 Å². The summed E-state index contributed by atoms with van der Waals surface area (Å²) in [5, 5.41) is 7.60. The number of fused-ring (bicyclic) bond motifs is 1. The highest BCUT2D eigenvalue weighted by Gasteiger charge is 2.19. The van der Waals surface area contributed by atoms with Gasteiger partial charge in [0, 0.05) is 21.7 Å². The van der Waals surface area contributed by atoms with Crippen LogP contribution < -0.4 is 10.6 Å². The van der Waals surface area contributed by atoms with Gasteiger partial charge in [-0.15, -0.1) is 0 Å². The van der Waals surface area contributed by atoms with Crippen LogP contribution in [0.3, 0.4) is 0 Å². The molecule has 0 saturated heterocycles. The fourth-order valence-corrected chi connectivity index (χ4v) is 2.84. The van der Waals surface area contributed by atoms with Gasteiger partial charge in [0.25, 0.3) is 11.8 Å². The molecular formula is C22H19ClN2O4. The average Bonchev–Trinajstić information content (AvgIpc) is 2.72. The van der Waals surface area contributed by atoms with E-state index in [1.165, 1.54) is 6.92 Å². The van der Waals surface area contributed by atoms with Gasteiger partial charge in [-0.1, -0.05) is 48.0 Å². The highest BCUT2D eigenvalue weighted by atomic mass is 35.5. The Morgan fingerprint density at radius 2 is 1.66 bits per heavy atom. The number of benzene rings is 3. The molecule has 0 radical (unpaired) electrons. The fourth-order valence-electron chi connectivity index (χ4n) is 2.72. The van der Waals surface area contributed by atoms with E-state index < -0.39 is 23.9 Å². The maximum absolute atomic E-state index is 12.4. The van der Waals surface area contributed by atoms with Crippen LogP contribution in [0.4, 0.5) is 5.69 Å². The summed E-state index contributed by atoms with van der Waals surface area (Å²) < 4.78 is 5.12. The van der Waals surface area contributed by atoms with Crippen molar-refractivity contribution in [1.82, 2.24) is 5.32 Å². The van der Waals surface area contributed by atoms with Crippen LogP contribution in [0.15, 0.2) is 66.7 Å². The van der Waals surface area contributed by atoms with Crippen molar-refractivity contribution in [2.24, 2.45) is 0 Å². The molecule has 3 aromatic carbocycles. The molecule has 0 aliphatic heterocycles. The lowest BCUT2D eigenvalue weighted by Gasteiger charge is -2.15. The van der Waals surface area contributed by atoms with Gasteiger partial charge in [0.2, 0.25) is 0 Å². The van der Waals surface area contributed by atoms with E-state index in [0.717, 1.165) is 10.8 Å². The standard InChI is InChI=1S/C22H19ClN2O4/c1-14(21(27)25-19-8-4-6-15-5-2-3-7-18(15)19)29-20(26)13-24-22(28)16-9-11-17(23)12-10-16/h2-12,14H,13H2,1H3,(H,24,28)(H,25,27)/t14-/m1/s1. The van der Waals surface area contributed by atoms with Crippen LogP contribution in [0.25, 0.3) is 10.8 Å². The molecule has 0 saturated carbocycles. The normalized spacial score (nSPS) is 11.5. The molecule has 0 aliphatic carbocycles. The van der Waals surface area contributed by atoms with Crippen molar-refractivity contribution in [3.05, 3.63) is 77.3 Å². The van der Waals surface area contributed by atoms with E-state index in [1.54, 1.807) is 30.3 Å². The minimum absolute atomic E-state index is 0.354. The van der Waals surface area contributed by atoms with Crippen molar-refractivity contribution >= 4 is 45.8 Å². The summed E-state index contributed by atoms with van der Waals surface area (Å²) >= 11 is 5.78. The molecule has 0 aliphatic rings. The first-order valence-corrected chi connectivity index (χ1v) is 9.34. The Morgan fingerprint density at radius 3 is 2.41 bits per heavy atom. The molecule has 7 heteroatoms. The summed E-state index contributed by atoms with van der Waals surface area (Å²) in [6.45, 7) is 1.12. The van der Waals surface area contributed by atoms with E-state index in [4.69, 9.17) is 16.3 Å². The van der Waals surface area contributed by atoms with Crippen LogP contribution in [-0.4, -0.2) is 30.4 Å². The number of carbonyl (C=O) groups excluding carboxylic acids is 3. The predicted octanol–water partition coefficient (Wildman–Crippen LogP) is 3.79. The SMILES string of the molecule is C[C@@H](OC(=O)CNC(=O)c1ccc(Cl)cc1)C(=O)Nc1cccc2ccccc12. The molecule has 2 amide bonds.